The first-order valence-electron chi connectivity index (χ1n) is 6.18. The van der Waals surface area contributed by atoms with Gasteiger partial charge in [0.15, 0.2) is 11.6 Å². The molecule has 2 nitrogen and oxygen atoms in total. The monoisotopic (exact) mass is 253 g/mol. The Morgan fingerprint density at radius 2 is 2.11 bits per heavy atom. The summed E-state index contributed by atoms with van der Waals surface area (Å²) in [4.78, 5) is 0. The number of fused-ring (bicyclic) bond motifs is 1. The highest BCUT2D eigenvalue weighted by Crippen LogP contribution is 2.35. The number of ether oxygens (including phenoxy) is 1. The van der Waals surface area contributed by atoms with E-state index in [1.165, 1.54) is 23.3 Å². The number of nitrogens with zero attached hydrogens (tertiary/aromatic N) is 1. The van der Waals surface area contributed by atoms with Crippen molar-refractivity contribution in [3.63, 3.8) is 0 Å². The van der Waals surface area contributed by atoms with Gasteiger partial charge in [-0.1, -0.05) is 24.3 Å². The fourth-order valence-electron chi connectivity index (χ4n) is 2.39. The Hall–Kier alpha value is -2.34. The molecule has 0 fully saturated rings. The van der Waals surface area contributed by atoms with Crippen molar-refractivity contribution in [1.29, 1.82) is 5.26 Å². The van der Waals surface area contributed by atoms with E-state index >= 15 is 0 Å². The molecule has 0 radical (unpaired) electrons. The van der Waals surface area contributed by atoms with Gasteiger partial charge in [0.25, 0.3) is 0 Å². The fourth-order valence-corrected chi connectivity index (χ4v) is 2.39. The Balaban J connectivity index is 1.67. The molecule has 1 aliphatic carbocycles. The number of hydrogen-bond donors (Lipinski definition) is 0. The lowest BCUT2D eigenvalue weighted by molar-refractivity contribution is 0.263. The van der Waals surface area contributed by atoms with Gasteiger partial charge in [0.1, 0.15) is 0 Å². The van der Waals surface area contributed by atoms with Crippen molar-refractivity contribution in [1.82, 2.24) is 0 Å². The van der Waals surface area contributed by atoms with Gasteiger partial charge in [-0.05, 0) is 35.7 Å². The van der Waals surface area contributed by atoms with Crippen LogP contribution in [0.25, 0.3) is 0 Å². The predicted molar refractivity (Wildman–Crippen MR) is 69.5 cm³/mol. The molecule has 0 saturated heterocycles. The first kappa shape index (κ1) is 11.7. The lowest BCUT2D eigenvalue weighted by atomic mass is 9.78. The molecule has 0 aromatic heterocycles. The normalized spacial score (nSPS) is 16.1. The zero-order valence-electron chi connectivity index (χ0n) is 10.3. The smallest absolute Gasteiger partial charge is 0.166 e. The molecule has 0 saturated carbocycles. The van der Waals surface area contributed by atoms with E-state index in [1.807, 2.05) is 18.2 Å². The first-order valence-corrected chi connectivity index (χ1v) is 6.18. The van der Waals surface area contributed by atoms with Crippen molar-refractivity contribution >= 4 is 0 Å². The molecule has 1 unspecified atom stereocenters. The van der Waals surface area contributed by atoms with E-state index in [1.54, 1.807) is 6.07 Å². The number of rotatable bonds is 3. The molecule has 1 atom stereocenters. The lowest BCUT2D eigenvalue weighted by Crippen LogP contribution is -2.23. The molecule has 94 valence electrons. The molecule has 0 aliphatic heterocycles. The molecular weight excluding hydrogens is 241 g/mol. The SMILES string of the molecule is N#Cc1ccc(OCC2Cc3ccccc32)c(F)c1. The van der Waals surface area contributed by atoms with Crippen LogP contribution in [-0.4, -0.2) is 6.61 Å². The van der Waals surface area contributed by atoms with Crippen molar-refractivity contribution in [2.24, 2.45) is 0 Å². The summed E-state index contributed by atoms with van der Waals surface area (Å²) >= 11 is 0. The van der Waals surface area contributed by atoms with Crippen LogP contribution in [0.1, 0.15) is 22.6 Å². The van der Waals surface area contributed by atoms with Crippen LogP contribution in [0.5, 0.6) is 5.75 Å². The van der Waals surface area contributed by atoms with Crippen LogP contribution in [0.2, 0.25) is 0 Å². The van der Waals surface area contributed by atoms with E-state index in [0.29, 0.717) is 18.1 Å². The largest absolute Gasteiger partial charge is 0.490 e. The zero-order valence-corrected chi connectivity index (χ0v) is 10.3. The molecule has 3 heteroatoms. The molecule has 0 bridgehead atoms. The van der Waals surface area contributed by atoms with E-state index < -0.39 is 5.82 Å². The van der Waals surface area contributed by atoms with Crippen LogP contribution < -0.4 is 4.74 Å². The van der Waals surface area contributed by atoms with Crippen LogP contribution in [-0.2, 0) is 6.42 Å². The van der Waals surface area contributed by atoms with Crippen molar-refractivity contribution in [2.75, 3.05) is 6.61 Å². The number of nitriles is 1. The zero-order chi connectivity index (χ0) is 13.2. The highest BCUT2D eigenvalue weighted by atomic mass is 19.1. The Kier molecular flexibility index (Phi) is 2.92. The van der Waals surface area contributed by atoms with Gasteiger partial charge in [0, 0.05) is 5.92 Å². The maximum absolute atomic E-state index is 13.6. The van der Waals surface area contributed by atoms with E-state index in [2.05, 4.69) is 12.1 Å². The highest BCUT2D eigenvalue weighted by Gasteiger charge is 2.26. The molecule has 0 heterocycles. The molecular formula is C16H12FNO. The van der Waals surface area contributed by atoms with E-state index in [4.69, 9.17) is 10.00 Å². The van der Waals surface area contributed by atoms with E-state index in [9.17, 15) is 4.39 Å². The summed E-state index contributed by atoms with van der Waals surface area (Å²) in [6.07, 6.45) is 0.980. The van der Waals surface area contributed by atoms with Gasteiger partial charge in [-0.2, -0.15) is 5.26 Å². The molecule has 2 aromatic rings. The van der Waals surface area contributed by atoms with Crippen LogP contribution in [0.4, 0.5) is 4.39 Å². The molecule has 1 aliphatic rings. The average molecular weight is 253 g/mol. The minimum Gasteiger partial charge on any atom is -0.490 e. The maximum atomic E-state index is 13.6. The van der Waals surface area contributed by atoms with Gasteiger partial charge in [-0.3, -0.25) is 0 Å². The lowest BCUT2D eigenvalue weighted by Gasteiger charge is -2.29. The summed E-state index contributed by atoms with van der Waals surface area (Å²) in [5, 5.41) is 8.67. The van der Waals surface area contributed by atoms with Crippen molar-refractivity contribution in [3.8, 4) is 11.8 Å². The summed E-state index contributed by atoms with van der Waals surface area (Å²) in [6, 6.07) is 14.4. The standard InChI is InChI=1S/C16H12FNO/c17-15-7-11(9-18)5-6-16(15)19-10-13-8-12-3-1-2-4-14(12)13/h1-7,13H,8,10H2. The predicted octanol–water partition coefficient (Wildman–Crippen LogP) is 3.42. The molecule has 2 aromatic carbocycles. The van der Waals surface area contributed by atoms with E-state index in [-0.39, 0.29) is 5.75 Å². The fraction of sp³-hybridized carbons (Fsp3) is 0.188. The molecule has 0 spiro atoms. The third-order valence-electron chi connectivity index (χ3n) is 3.46. The average Bonchev–Trinajstić information content (AvgIpc) is 2.41. The Morgan fingerprint density at radius 1 is 1.26 bits per heavy atom. The van der Waals surface area contributed by atoms with Gasteiger partial charge in [0.05, 0.1) is 18.2 Å². The molecule has 0 N–H and O–H groups in total. The van der Waals surface area contributed by atoms with Crippen LogP contribution >= 0.6 is 0 Å². The van der Waals surface area contributed by atoms with Crippen molar-refractivity contribution in [3.05, 3.63) is 65.0 Å². The summed E-state index contributed by atoms with van der Waals surface area (Å²) in [7, 11) is 0. The molecule has 0 amide bonds. The second-order valence-corrected chi connectivity index (χ2v) is 4.67. The van der Waals surface area contributed by atoms with E-state index in [0.717, 1.165) is 6.42 Å². The maximum Gasteiger partial charge on any atom is 0.166 e. The van der Waals surface area contributed by atoms with Crippen LogP contribution in [0, 0.1) is 17.1 Å². The second kappa shape index (κ2) is 4.74. The van der Waals surface area contributed by atoms with Gasteiger partial charge >= 0.3 is 0 Å². The molecule has 3 rings (SSSR count). The van der Waals surface area contributed by atoms with Gasteiger partial charge in [-0.15, -0.1) is 0 Å². The first-order chi connectivity index (χ1) is 9.28. The van der Waals surface area contributed by atoms with Gasteiger partial charge in [-0.25, -0.2) is 4.39 Å². The summed E-state index contributed by atoms with van der Waals surface area (Å²) < 4.78 is 19.1. The summed E-state index contributed by atoms with van der Waals surface area (Å²) in [6.45, 7) is 0.472. The van der Waals surface area contributed by atoms with Crippen LogP contribution in [0.3, 0.4) is 0 Å². The highest BCUT2D eigenvalue weighted by molar-refractivity contribution is 5.40. The third-order valence-corrected chi connectivity index (χ3v) is 3.46. The Bertz CT molecular complexity index is 660. The third kappa shape index (κ3) is 2.17. The van der Waals surface area contributed by atoms with Gasteiger partial charge in [0.2, 0.25) is 0 Å². The van der Waals surface area contributed by atoms with Gasteiger partial charge < -0.3 is 4.74 Å². The van der Waals surface area contributed by atoms with Crippen molar-refractivity contribution in [2.45, 2.75) is 12.3 Å². The Morgan fingerprint density at radius 3 is 2.84 bits per heavy atom. The number of hydrogen-bond acceptors (Lipinski definition) is 2. The van der Waals surface area contributed by atoms with Crippen molar-refractivity contribution < 1.29 is 9.13 Å². The molecule has 19 heavy (non-hydrogen) atoms. The summed E-state index contributed by atoms with van der Waals surface area (Å²) in [5.41, 5.74) is 2.94. The second-order valence-electron chi connectivity index (χ2n) is 4.67. The quantitative estimate of drug-likeness (QED) is 0.839. The topological polar surface area (TPSA) is 33.0 Å². The van der Waals surface area contributed by atoms with Crippen LogP contribution in [0.15, 0.2) is 42.5 Å². The number of halogens is 1. The minimum absolute atomic E-state index is 0.211. The Labute approximate surface area is 111 Å². The minimum atomic E-state index is -0.480. The summed E-state index contributed by atoms with van der Waals surface area (Å²) in [5.74, 6) is 0.0706. The number of benzene rings is 2.